The summed E-state index contributed by atoms with van der Waals surface area (Å²) in [5, 5.41) is 0. The van der Waals surface area contributed by atoms with Crippen LogP contribution in [0.4, 0.5) is 0 Å². The first kappa shape index (κ1) is 8.72. The molecule has 0 aromatic heterocycles. The van der Waals surface area contributed by atoms with Crippen molar-refractivity contribution in [3.05, 3.63) is 41.0 Å². The Kier molecular flexibility index (Phi) is 1.88. The van der Waals surface area contributed by atoms with Crippen molar-refractivity contribution >= 4 is 11.7 Å². The molecular weight excluding hydrogens is 188 g/mol. The Bertz CT molecular complexity index is 449. The van der Waals surface area contributed by atoms with Crippen molar-refractivity contribution in [3.63, 3.8) is 0 Å². The van der Waals surface area contributed by atoms with Crippen molar-refractivity contribution in [2.24, 2.45) is 0 Å². The molecule has 1 aliphatic heterocycles. The third kappa shape index (κ3) is 1.29. The fourth-order valence-corrected chi connectivity index (χ4v) is 2.35. The van der Waals surface area contributed by atoms with Crippen LogP contribution < -0.4 is 0 Å². The normalized spacial score (nSPS) is 19.3. The van der Waals surface area contributed by atoms with Crippen molar-refractivity contribution in [1.82, 2.24) is 0 Å². The van der Waals surface area contributed by atoms with Gasteiger partial charge in [-0.2, -0.15) is 0 Å². The monoisotopic (exact) mass is 200 g/mol. The van der Waals surface area contributed by atoms with E-state index in [0.717, 1.165) is 24.2 Å². The second-order valence-corrected chi connectivity index (χ2v) is 4.07. The Labute approximate surface area is 88.6 Å². The Balaban J connectivity index is 2.15. The Morgan fingerprint density at radius 1 is 1.00 bits per heavy atom. The van der Waals surface area contributed by atoms with Gasteiger partial charge < -0.3 is 4.74 Å². The fraction of sp³-hybridized carbons (Fsp3) is 0.308. The number of allylic oxidation sites excluding steroid dienone is 1. The molecule has 76 valence electrons. The molecule has 0 saturated heterocycles. The zero-order valence-electron chi connectivity index (χ0n) is 8.45. The van der Waals surface area contributed by atoms with Crippen LogP contribution in [0, 0.1) is 0 Å². The summed E-state index contributed by atoms with van der Waals surface area (Å²) in [6, 6.07) is 7.64. The van der Waals surface area contributed by atoms with Gasteiger partial charge in [0.15, 0.2) is 0 Å². The van der Waals surface area contributed by atoms with E-state index in [-0.39, 0.29) is 5.97 Å². The van der Waals surface area contributed by atoms with E-state index in [2.05, 4.69) is 0 Å². The third-order valence-electron chi connectivity index (χ3n) is 3.11. The predicted molar refractivity (Wildman–Crippen MR) is 57.2 cm³/mol. The van der Waals surface area contributed by atoms with Gasteiger partial charge in [-0.3, -0.25) is 0 Å². The summed E-state index contributed by atoms with van der Waals surface area (Å²) in [6.45, 7) is 0. The number of carbonyl (C=O) groups excluding carboxylic acids is 1. The van der Waals surface area contributed by atoms with Crippen LogP contribution in [-0.4, -0.2) is 5.97 Å². The van der Waals surface area contributed by atoms with Gasteiger partial charge in [0.1, 0.15) is 5.76 Å². The van der Waals surface area contributed by atoms with E-state index in [0.29, 0.717) is 5.56 Å². The summed E-state index contributed by atoms with van der Waals surface area (Å²) < 4.78 is 5.36. The SMILES string of the molecule is O=C1OC(=C2CCCC2)c2ccccc21. The lowest BCUT2D eigenvalue weighted by atomic mass is 10.0. The average Bonchev–Trinajstić information content (AvgIpc) is 2.87. The van der Waals surface area contributed by atoms with Crippen molar-refractivity contribution in [2.75, 3.05) is 0 Å². The maximum Gasteiger partial charge on any atom is 0.344 e. The van der Waals surface area contributed by atoms with Crippen LogP contribution in [0.5, 0.6) is 0 Å². The van der Waals surface area contributed by atoms with Gasteiger partial charge in [0.25, 0.3) is 0 Å². The van der Waals surface area contributed by atoms with Gasteiger partial charge >= 0.3 is 5.97 Å². The van der Waals surface area contributed by atoms with Crippen LogP contribution in [0.3, 0.4) is 0 Å². The van der Waals surface area contributed by atoms with Gasteiger partial charge in [-0.25, -0.2) is 4.79 Å². The number of hydrogen-bond acceptors (Lipinski definition) is 2. The number of esters is 1. The van der Waals surface area contributed by atoms with Gasteiger partial charge in [0.2, 0.25) is 0 Å². The van der Waals surface area contributed by atoms with Crippen molar-refractivity contribution in [3.8, 4) is 0 Å². The molecular formula is C13H12O2. The minimum atomic E-state index is -0.194. The summed E-state index contributed by atoms with van der Waals surface area (Å²) in [4.78, 5) is 11.6. The number of cyclic esters (lactones) is 1. The zero-order valence-corrected chi connectivity index (χ0v) is 8.45. The molecule has 2 heteroatoms. The maximum atomic E-state index is 11.6. The second-order valence-electron chi connectivity index (χ2n) is 4.07. The first-order chi connectivity index (χ1) is 7.36. The van der Waals surface area contributed by atoms with Crippen molar-refractivity contribution in [2.45, 2.75) is 25.7 Å². The fourth-order valence-electron chi connectivity index (χ4n) is 2.35. The lowest BCUT2D eigenvalue weighted by molar-refractivity contribution is 0.0714. The van der Waals surface area contributed by atoms with Gasteiger partial charge in [-0.1, -0.05) is 18.2 Å². The lowest BCUT2D eigenvalue weighted by Crippen LogP contribution is -1.92. The van der Waals surface area contributed by atoms with Gasteiger partial charge in [0.05, 0.1) is 5.56 Å². The molecule has 2 nitrogen and oxygen atoms in total. The second kappa shape index (κ2) is 3.23. The van der Waals surface area contributed by atoms with E-state index in [1.54, 1.807) is 0 Å². The maximum absolute atomic E-state index is 11.6. The molecule has 0 radical (unpaired) electrons. The van der Waals surface area contributed by atoms with Gasteiger partial charge in [-0.05, 0) is 37.3 Å². The van der Waals surface area contributed by atoms with E-state index >= 15 is 0 Å². The topological polar surface area (TPSA) is 26.3 Å². The third-order valence-corrected chi connectivity index (χ3v) is 3.11. The summed E-state index contributed by atoms with van der Waals surface area (Å²) >= 11 is 0. The minimum Gasteiger partial charge on any atom is -0.422 e. The molecule has 1 aromatic carbocycles. The quantitative estimate of drug-likeness (QED) is 0.601. The van der Waals surface area contributed by atoms with Crippen LogP contribution in [0.25, 0.3) is 5.76 Å². The summed E-state index contributed by atoms with van der Waals surface area (Å²) in [6.07, 6.45) is 4.60. The van der Waals surface area contributed by atoms with Crippen LogP contribution in [-0.2, 0) is 4.74 Å². The van der Waals surface area contributed by atoms with Crippen molar-refractivity contribution in [1.29, 1.82) is 0 Å². The highest BCUT2D eigenvalue weighted by Crippen LogP contribution is 2.37. The van der Waals surface area contributed by atoms with E-state index in [1.165, 1.54) is 18.4 Å². The van der Waals surface area contributed by atoms with Crippen molar-refractivity contribution < 1.29 is 9.53 Å². The first-order valence-electron chi connectivity index (χ1n) is 5.40. The van der Waals surface area contributed by atoms with Crippen LogP contribution in [0.2, 0.25) is 0 Å². The molecule has 1 saturated carbocycles. The highest BCUT2D eigenvalue weighted by molar-refractivity contribution is 6.03. The molecule has 2 aliphatic rings. The summed E-state index contributed by atoms with van der Waals surface area (Å²) in [5.41, 5.74) is 3.01. The number of rotatable bonds is 0. The van der Waals surface area contributed by atoms with Crippen LogP contribution in [0.15, 0.2) is 29.8 Å². The number of ether oxygens (including phenoxy) is 1. The average molecular weight is 200 g/mol. The molecule has 1 aromatic rings. The van der Waals surface area contributed by atoms with E-state index < -0.39 is 0 Å². The molecule has 1 heterocycles. The molecule has 0 N–H and O–H groups in total. The molecule has 0 amide bonds. The van der Waals surface area contributed by atoms with Gasteiger partial charge in [-0.15, -0.1) is 0 Å². The molecule has 1 aliphatic carbocycles. The van der Waals surface area contributed by atoms with E-state index in [1.807, 2.05) is 24.3 Å². The number of benzene rings is 1. The standard InChI is InChI=1S/C13H12O2/c14-13-11-8-4-3-7-10(11)12(15-13)9-5-1-2-6-9/h3-4,7-8H,1-2,5-6H2. The Morgan fingerprint density at radius 2 is 1.67 bits per heavy atom. The summed E-state index contributed by atoms with van der Waals surface area (Å²) in [7, 11) is 0. The Hall–Kier alpha value is -1.57. The molecule has 0 atom stereocenters. The number of carbonyl (C=O) groups is 1. The Morgan fingerprint density at radius 3 is 2.40 bits per heavy atom. The molecule has 0 bridgehead atoms. The lowest BCUT2D eigenvalue weighted by Gasteiger charge is -2.02. The molecule has 3 rings (SSSR count). The molecule has 0 spiro atoms. The van der Waals surface area contributed by atoms with Crippen LogP contribution in [0.1, 0.15) is 41.6 Å². The molecule has 1 fully saturated rings. The number of hydrogen-bond donors (Lipinski definition) is 0. The highest BCUT2D eigenvalue weighted by Gasteiger charge is 2.29. The van der Waals surface area contributed by atoms with E-state index in [4.69, 9.17) is 4.74 Å². The highest BCUT2D eigenvalue weighted by atomic mass is 16.5. The largest absolute Gasteiger partial charge is 0.422 e. The smallest absolute Gasteiger partial charge is 0.344 e. The predicted octanol–water partition coefficient (Wildman–Crippen LogP) is 3.14. The zero-order chi connectivity index (χ0) is 10.3. The van der Waals surface area contributed by atoms with E-state index in [9.17, 15) is 4.79 Å². The van der Waals surface area contributed by atoms with Crippen LogP contribution >= 0.6 is 0 Å². The minimum absolute atomic E-state index is 0.194. The van der Waals surface area contributed by atoms with Gasteiger partial charge in [0, 0.05) is 5.56 Å². The molecule has 0 unspecified atom stereocenters. The molecule has 15 heavy (non-hydrogen) atoms. The summed E-state index contributed by atoms with van der Waals surface area (Å²) in [5.74, 6) is 0.646. The number of fused-ring (bicyclic) bond motifs is 1. The first-order valence-corrected chi connectivity index (χ1v) is 5.40.